The lowest BCUT2D eigenvalue weighted by molar-refractivity contribution is -0.528. The van der Waals surface area contributed by atoms with Gasteiger partial charge in [-0.3, -0.25) is 14.9 Å². The summed E-state index contributed by atoms with van der Waals surface area (Å²) < 4.78 is 39.8. The summed E-state index contributed by atoms with van der Waals surface area (Å²) in [5.74, 6) is -5.17. The van der Waals surface area contributed by atoms with E-state index >= 15 is 0 Å². The fraction of sp³-hybridized carbons (Fsp3) is 0.417. The first-order chi connectivity index (χ1) is 9.31. The molecule has 0 aliphatic heterocycles. The molecule has 0 radical (unpaired) electrons. The molecule has 8 heteroatoms. The van der Waals surface area contributed by atoms with Gasteiger partial charge >= 0.3 is 0 Å². The topological polar surface area (TPSA) is 60.2 Å². The molecule has 1 aliphatic carbocycles. The maximum Gasteiger partial charge on any atom is 0.221 e. The molecule has 1 aromatic rings. The van der Waals surface area contributed by atoms with Crippen LogP contribution >= 0.6 is 15.9 Å². The minimum atomic E-state index is -1.37. The summed E-state index contributed by atoms with van der Waals surface area (Å²) in [5, 5.41) is 11.0. The Labute approximate surface area is 120 Å². The van der Waals surface area contributed by atoms with Crippen molar-refractivity contribution < 1.29 is 22.9 Å². The van der Waals surface area contributed by atoms with Gasteiger partial charge in [-0.2, -0.15) is 0 Å². The zero-order valence-electron chi connectivity index (χ0n) is 9.98. The minimum Gasteiger partial charge on any atom is -0.298 e. The van der Waals surface area contributed by atoms with Crippen LogP contribution in [0.5, 0.6) is 0 Å². The summed E-state index contributed by atoms with van der Waals surface area (Å²) in [7, 11) is 0. The standard InChI is InChI=1S/C12H9BrF3NO3/c13-7-3-11(17(19)20)6(2-12(7)18)5-1-9(15)10(16)4-8(5)14/h1,4,6-7,11H,2-3H2/t6-,7+,11+/m1/s1. The Balaban J connectivity index is 2.45. The van der Waals surface area contributed by atoms with E-state index in [1.165, 1.54) is 0 Å². The van der Waals surface area contributed by atoms with E-state index in [2.05, 4.69) is 15.9 Å². The van der Waals surface area contributed by atoms with E-state index in [0.29, 0.717) is 12.1 Å². The molecule has 0 N–H and O–H groups in total. The summed E-state index contributed by atoms with van der Waals surface area (Å²) in [6, 6.07) is -0.295. The fourth-order valence-electron chi connectivity index (χ4n) is 2.36. The maximum atomic E-state index is 13.7. The molecular formula is C12H9BrF3NO3. The van der Waals surface area contributed by atoms with Crippen LogP contribution in [-0.4, -0.2) is 21.6 Å². The molecule has 0 aromatic heterocycles. The second-order valence-corrected chi connectivity index (χ2v) is 5.73. The Morgan fingerprint density at radius 3 is 2.40 bits per heavy atom. The van der Waals surface area contributed by atoms with Crippen molar-refractivity contribution in [2.45, 2.75) is 29.6 Å². The lowest BCUT2D eigenvalue weighted by Crippen LogP contribution is -2.39. The minimum absolute atomic E-state index is 0.116. The number of hydrogen-bond acceptors (Lipinski definition) is 3. The van der Waals surface area contributed by atoms with Crippen molar-refractivity contribution in [2.24, 2.45) is 0 Å². The lowest BCUT2D eigenvalue weighted by Gasteiger charge is -2.28. The van der Waals surface area contributed by atoms with Gasteiger partial charge in [-0.1, -0.05) is 15.9 Å². The van der Waals surface area contributed by atoms with Gasteiger partial charge in [-0.25, -0.2) is 13.2 Å². The van der Waals surface area contributed by atoms with Crippen molar-refractivity contribution in [3.8, 4) is 0 Å². The van der Waals surface area contributed by atoms with Crippen molar-refractivity contribution in [2.75, 3.05) is 0 Å². The van der Waals surface area contributed by atoms with Crippen LogP contribution in [0.1, 0.15) is 24.3 Å². The molecule has 0 heterocycles. The zero-order chi connectivity index (χ0) is 15.0. The normalized spacial score (nSPS) is 26.6. The van der Waals surface area contributed by atoms with E-state index in [0.717, 1.165) is 0 Å². The van der Waals surface area contributed by atoms with E-state index in [4.69, 9.17) is 0 Å². The summed E-state index contributed by atoms with van der Waals surface area (Å²) in [6.07, 6.45) is -0.404. The van der Waals surface area contributed by atoms with Crippen LogP contribution in [0.25, 0.3) is 0 Å². The molecule has 0 saturated heterocycles. The van der Waals surface area contributed by atoms with Crippen LogP contribution < -0.4 is 0 Å². The number of hydrogen-bond donors (Lipinski definition) is 0. The van der Waals surface area contributed by atoms with E-state index < -0.39 is 39.2 Å². The Kier molecular flexibility index (Phi) is 4.12. The number of Topliss-reactive ketones (excluding diaryl/α,β-unsaturated/α-hetero) is 1. The smallest absolute Gasteiger partial charge is 0.221 e. The highest BCUT2D eigenvalue weighted by molar-refractivity contribution is 9.10. The summed E-state index contributed by atoms with van der Waals surface area (Å²) >= 11 is 3.03. The van der Waals surface area contributed by atoms with Gasteiger partial charge in [0.25, 0.3) is 0 Å². The van der Waals surface area contributed by atoms with E-state index in [1.54, 1.807) is 0 Å². The van der Waals surface area contributed by atoms with Crippen LogP contribution in [0.3, 0.4) is 0 Å². The zero-order valence-corrected chi connectivity index (χ0v) is 11.6. The highest BCUT2D eigenvalue weighted by Gasteiger charge is 2.44. The molecule has 1 fully saturated rings. The maximum absolute atomic E-state index is 13.7. The van der Waals surface area contributed by atoms with E-state index in [-0.39, 0.29) is 24.2 Å². The largest absolute Gasteiger partial charge is 0.298 e. The number of nitro groups is 1. The van der Waals surface area contributed by atoms with Gasteiger partial charge in [0.1, 0.15) is 11.6 Å². The summed E-state index contributed by atoms with van der Waals surface area (Å²) in [4.78, 5) is 21.4. The molecule has 1 aliphatic rings. The van der Waals surface area contributed by atoms with E-state index in [1.807, 2.05) is 0 Å². The average Bonchev–Trinajstić information content (AvgIpc) is 2.36. The predicted molar refractivity (Wildman–Crippen MR) is 66.8 cm³/mol. The first-order valence-electron chi connectivity index (χ1n) is 5.76. The van der Waals surface area contributed by atoms with Gasteiger partial charge in [-0.05, 0) is 6.07 Å². The van der Waals surface area contributed by atoms with Crippen LogP contribution in [0, 0.1) is 27.6 Å². The molecule has 4 nitrogen and oxygen atoms in total. The number of halogens is 4. The third-order valence-corrected chi connectivity index (χ3v) is 4.28. The Hall–Kier alpha value is -1.44. The second-order valence-electron chi connectivity index (χ2n) is 4.62. The molecule has 0 amide bonds. The molecule has 0 bridgehead atoms. The number of carbonyl (C=O) groups is 1. The van der Waals surface area contributed by atoms with Crippen molar-refractivity contribution in [3.05, 3.63) is 45.3 Å². The van der Waals surface area contributed by atoms with Gasteiger partial charge in [0, 0.05) is 29.4 Å². The number of carbonyl (C=O) groups excluding carboxylic acids is 1. The molecular weight excluding hydrogens is 343 g/mol. The summed E-state index contributed by atoms with van der Waals surface area (Å²) in [6.45, 7) is 0. The number of alkyl halides is 1. The molecule has 20 heavy (non-hydrogen) atoms. The molecule has 2 rings (SSSR count). The van der Waals surface area contributed by atoms with Gasteiger partial charge in [0.15, 0.2) is 11.6 Å². The average molecular weight is 352 g/mol. The summed E-state index contributed by atoms with van der Waals surface area (Å²) in [5.41, 5.74) is -0.335. The van der Waals surface area contributed by atoms with Crippen molar-refractivity contribution in [1.29, 1.82) is 0 Å². The molecule has 3 atom stereocenters. The van der Waals surface area contributed by atoms with Gasteiger partial charge in [0.2, 0.25) is 6.04 Å². The molecule has 0 unspecified atom stereocenters. The van der Waals surface area contributed by atoms with Gasteiger partial charge in [0.05, 0.1) is 10.7 Å². The number of ketones is 1. The molecule has 1 saturated carbocycles. The molecule has 1 aromatic carbocycles. The van der Waals surface area contributed by atoms with Crippen LogP contribution in [-0.2, 0) is 4.79 Å². The van der Waals surface area contributed by atoms with Crippen molar-refractivity contribution >= 4 is 21.7 Å². The first-order valence-corrected chi connectivity index (χ1v) is 6.67. The Bertz CT molecular complexity index is 581. The highest BCUT2D eigenvalue weighted by Crippen LogP contribution is 2.37. The van der Waals surface area contributed by atoms with Crippen LogP contribution in [0.2, 0.25) is 0 Å². The first kappa shape index (κ1) is 15.0. The van der Waals surface area contributed by atoms with Crippen LogP contribution in [0.4, 0.5) is 13.2 Å². The quantitative estimate of drug-likeness (QED) is 0.356. The Morgan fingerprint density at radius 1 is 1.20 bits per heavy atom. The predicted octanol–water partition coefficient (Wildman–Crippen LogP) is 2.96. The second kappa shape index (κ2) is 5.51. The van der Waals surface area contributed by atoms with Crippen molar-refractivity contribution in [3.63, 3.8) is 0 Å². The lowest BCUT2D eigenvalue weighted by atomic mass is 9.79. The fourth-order valence-corrected chi connectivity index (χ4v) is 2.93. The number of benzene rings is 1. The van der Waals surface area contributed by atoms with Crippen molar-refractivity contribution in [1.82, 2.24) is 0 Å². The van der Waals surface area contributed by atoms with Gasteiger partial charge in [-0.15, -0.1) is 0 Å². The third-order valence-electron chi connectivity index (χ3n) is 3.39. The number of nitrogens with zero attached hydrogens (tertiary/aromatic N) is 1. The molecule has 0 spiro atoms. The van der Waals surface area contributed by atoms with Gasteiger partial charge < -0.3 is 0 Å². The molecule has 108 valence electrons. The van der Waals surface area contributed by atoms with E-state index in [9.17, 15) is 28.1 Å². The van der Waals surface area contributed by atoms with Crippen LogP contribution in [0.15, 0.2) is 12.1 Å². The SMILES string of the molecule is O=C1C[C@H](c2cc(F)c(F)cc2F)[C@@H]([N+](=O)[O-])C[C@@H]1Br. The number of rotatable bonds is 2. The Morgan fingerprint density at radius 2 is 1.80 bits per heavy atom. The third kappa shape index (κ3) is 2.70. The monoisotopic (exact) mass is 351 g/mol. The highest BCUT2D eigenvalue weighted by atomic mass is 79.9.